The molecule has 0 aromatic heterocycles. The third kappa shape index (κ3) is 7.45. The number of methoxy groups -OCH3 is 1. The molecule has 2 N–H and O–H groups in total. The lowest BCUT2D eigenvalue weighted by atomic mass is 10.1. The lowest BCUT2D eigenvalue weighted by Crippen LogP contribution is -2.26. The largest absolute Gasteiger partial charge is 0.385 e. The summed E-state index contributed by atoms with van der Waals surface area (Å²) in [7, 11) is 1.63. The molecule has 0 heterocycles. The number of para-hydroxylation sites is 1. The van der Waals surface area contributed by atoms with E-state index in [4.69, 9.17) is 4.74 Å². The third-order valence-corrected chi connectivity index (χ3v) is 4.89. The molecule has 5 nitrogen and oxygen atoms in total. The predicted octanol–water partition coefficient (Wildman–Crippen LogP) is 3.88. The Hall–Kier alpha value is -2.31. The van der Waals surface area contributed by atoms with Gasteiger partial charge in [-0.1, -0.05) is 29.8 Å². The average Bonchev–Trinajstić information content (AvgIpc) is 2.67. The number of anilines is 1. The Bertz CT molecular complexity index is 747. The minimum absolute atomic E-state index is 0.103. The fraction of sp³-hybridized carbons (Fsp3) is 0.333. The van der Waals surface area contributed by atoms with Gasteiger partial charge in [0.15, 0.2) is 0 Å². The highest BCUT2D eigenvalue weighted by Crippen LogP contribution is 2.20. The quantitative estimate of drug-likeness (QED) is 0.480. The summed E-state index contributed by atoms with van der Waals surface area (Å²) < 4.78 is 4.97. The van der Waals surface area contributed by atoms with Crippen LogP contribution in [0.4, 0.5) is 5.69 Å². The van der Waals surface area contributed by atoms with Crippen molar-refractivity contribution < 1.29 is 14.3 Å². The molecule has 144 valence electrons. The highest BCUT2D eigenvalue weighted by Gasteiger charge is 2.12. The van der Waals surface area contributed by atoms with E-state index in [0.29, 0.717) is 36.6 Å². The van der Waals surface area contributed by atoms with E-state index in [1.165, 1.54) is 5.56 Å². The Balaban J connectivity index is 1.84. The van der Waals surface area contributed by atoms with Gasteiger partial charge in [-0.25, -0.2) is 0 Å². The summed E-state index contributed by atoms with van der Waals surface area (Å²) >= 11 is 1.64. The van der Waals surface area contributed by atoms with Crippen molar-refractivity contribution in [3.05, 3.63) is 59.7 Å². The van der Waals surface area contributed by atoms with E-state index in [9.17, 15) is 9.59 Å². The van der Waals surface area contributed by atoms with Crippen molar-refractivity contribution in [3.63, 3.8) is 0 Å². The number of hydrogen-bond donors (Lipinski definition) is 2. The van der Waals surface area contributed by atoms with E-state index in [1.807, 2.05) is 6.92 Å². The Kier molecular flexibility index (Phi) is 8.87. The molecule has 0 unspecified atom stereocenters. The molecule has 0 aliphatic carbocycles. The van der Waals surface area contributed by atoms with Gasteiger partial charge in [0.25, 0.3) is 5.91 Å². The number of carbonyl (C=O) groups excluding carboxylic acids is 2. The zero-order chi connectivity index (χ0) is 19.5. The maximum Gasteiger partial charge on any atom is 0.253 e. The second-order valence-corrected chi connectivity index (χ2v) is 7.28. The first-order valence-electron chi connectivity index (χ1n) is 8.95. The van der Waals surface area contributed by atoms with Crippen LogP contribution in [0, 0.1) is 6.92 Å². The summed E-state index contributed by atoms with van der Waals surface area (Å²) in [5, 5.41) is 5.69. The molecule has 2 rings (SSSR count). The topological polar surface area (TPSA) is 67.4 Å². The highest BCUT2D eigenvalue weighted by molar-refractivity contribution is 7.99. The van der Waals surface area contributed by atoms with Gasteiger partial charge in [-0.2, -0.15) is 0 Å². The highest BCUT2D eigenvalue weighted by atomic mass is 32.2. The molecule has 27 heavy (non-hydrogen) atoms. The van der Waals surface area contributed by atoms with Crippen molar-refractivity contribution in [2.45, 2.75) is 24.7 Å². The average molecular weight is 387 g/mol. The molecule has 0 radical (unpaired) electrons. The van der Waals surface area contributed by atoms with E-state index in [-0.39, 0.29) is 11.8 Å². The summed E-state index contributed by atoms with van der Waals surface area (Å²) in [6.07, 6.45) is 1.12. The minimum Gasteiger partial charge on any atom is -0.385 e. The third-order valence-electron chi connectivity index (χ3n) is 3.88. The smallest absolute Gasteiger partial charge is 0.253 e. The van der Waals surface area contributed by atoms with Crippen LogP contribution in [-0.4, -0.2) is 37.8 Å². The summed E-state index contributed by atoms with van der Waals surface area (Å²) in [6, 6.07) is 15.3. The molecule has 0 bridgehead atoms. The predicted molar refractivity (Wildman–Crippen MR) is 110 cm³/mol. The van der Waals surface area contributed by atoms with Gasteiger partial charge >= 0.3 is 0 Å². The van der Waals surface area contributed by atoms with Crippen LogP contribution in [0.2, 0.25) is 0 Å². The summed E-state index contributed by atoms with van der Waals surface area (Å²) in [5.74, 6) is 0.380. The van der Waals surface area contributed by atoms with Crippen molar-refractivity contribution >= 4 is 29.3 Å². The first-order valence-corrected chi connectivity index (χ1v) is 9.94. The van der Waals surface area contributed by atoms with Crippen LogP contribution in [0.3, 0.4) is 0 Å². The van der Waals surface area contributed by atoms with Gasteiger partial charge in [0, 0.05) is 37.3 Å². The Morgan fingerprint density at radius 2 is 1.81 bits per heavy atom. The van der Waals surface area contributed by atoms with Crippen molar-refractivity contribution in [1.29, 1.82) is 0 Å². The number of benzene rings is 2. The number of carbonyl (C=O) groups is 2. The molecule has 0 saturated heterocycles. The molecule has 2 aromatic rings. The molecule has 6 heteroatoms. The normalized spacial score (nSPS) is 10.4. The lowest BCUT2D eigenvalue weighted by Gasteiger charge is -2.11. The van der Waals surface area contributed by atoms with Crippen LogP contribution in [0.5, 0.6) is 0 Å². The SMILES string of the molecule is COCCCNC(=O)c1ccccc1NC(=O)CCSc1ccc(C)cc1. The van der Waals surface area contributed by atoms with E-state index in [1.54, 1.807) is 43.1 Å². The van der Waals surface area contributed by atoms with Crippen LogP contribution >= 0.6 is 11.8 Å². The van der Waals surface area contributed by atoms with E-state index >= 15 is 0 Å². The van der Waals surface area contributed by atoms with Gasteiger partial charge in [0.1, 0.15) is 0 Å². The fourth-order valence-electron chi connectivity index (χ4n) is 2.41. The monoisotopic (exact) mass is 386 g/mol. The maximum absolute atomic E-state index is 12.3. The molecule has 0 fully saturated rings. The van der Waals surface area contributed by atoms with Crippen LogP contribution < -0.4 is 10.6 Å². The molecule has 0 spiro atoms. The molecule has 2 aromatic carbocycles. The lowest BCUT2D eigenvalue weighted by molar-refractivity contribution is -0.115. The van der Waals surface area contributed by atoms with Crippen molar-refractivity contribution in [2.75, 3.05) is 31.3 Å². The van der Waals surface area contributed by atoms with Gasteiger partial charge in [0.2, 0.25) is 5.91 Å². The molecule has 0 aliphatic rings. The fourth-order valence-corrected chi connectivity index (χ4v) is 3.26. The molecule has 0 atom stereocenters. The number of nitrogens with one attached hydrogen (secondary N) is 2. The molecule has 0 aliphatic heterocycles. The van der Waals surface area contributed by atoms with Crippen LogP contribution in [-0.2, 0) is 9.53 Å². The number of amides is 2. The van der Waals surface area contributed by atoms with Crippen LogP contribution in [0.15, 0.2) is 53.4 Å². The summed E-state index contributed by atoms with van der Waals surface area (Å²) in [4.78, 5) is 25.7. The van der Waals surface area contributed by atoms with Gasteiger partial charge in [-0.3, -0.25) is 9.59 Å². The number of thioether (sulfide) groups is 1. The van der Waals surface area contributed by atoms with Crippen LogP contribution in [0.1, 0.15) is 28.8 Å². The van der Waals surface area contributed by atoms with Gasteiger partial charge in [-0.05, 0) is 37.6 Å². The molecule has 0 saturated carbocycles. The Labute approximate surface area is 164 Å². The molecular weight excluding hydrogens is 360 g/mol. The number of ether oxygens (including phenoxy) is 1. The van der Waals surface area contributed by atoms with Crippen LogP contribution in [0.25, 0.3) is 0 Å². The maximum atomic E-state index is 12.3. The standard InChI is InChI=1S/C21H26N2O3S/c1-16-8-10-17(11-9-16)27-15-12-20(24)23-19-7-4-3-6-18(19)21(25)22-13-5-14-26-2/h3-4,6-11H,5,12-15H2,1-2H3,(H,22,25)(H,23,24). The summed E-state index contributed by atoms with van der Waals surface area (Å²) in [6.45, 7) is 3.17. The summed E-state index contributed by atoms with van der Waals surface area (Å²) in [5.41, 5.74) is 2.22. The van der Waals surface area contributed by atoms with Crippen molar-refractivity contribution in [3.8, 4) is 0 Å². The zero-order valence-electron chi connectivity index (χ0n) is 15.8. The van der Waals surface area contributed by atoms with E-state index in [2.05, 4.69) is 34.9 Å². The van der Waals surface area contributed by atoms with Crippen molar-refractivity contribution in [1.82, 2.24) is 5.32 Å². The number of rotatable bonds is 10. The minimum atomic E-state index is -0.198. The Morgan fingerprint density at radius 1 is 1.07 bits per heavy atom. The first kappa shape index (κ1) is 21.0. The van der Waals surface area contributed by atoms with Gasteiger partial charge in [-0.15, -0.1) is 11.8 Å². The molecular formula is C21H26N2O3S. The number of hydrogen-bond acceptors (Lipinski definition) is 4. The van der Waals surface area contributed by atoms with Gasteiger partial charge < -0.3 is 15.4 Å². The Morgan fingerprint density at radius 3 is 2.56 bits per heavy atom. The van der Waals surface area contributed by atoms with E-state index < -0.39 is 0 Å². The zero-order valence-corrected chi connectivity index (χ0v) is 16.6. The molecule has 2 amide bonds. The second-order valence-electron chi connectivity index (χ2n) is 6.11. The van der Waals surface area contributed by atoms with Gasteiger partial charge in [0.05, 0.1) is 11.3 Å². The van der Waals surface area contributed by atoms with E-state index in [0.717, 1.165) is 11.3 Å². The van der Waals surface area contributed by atoms with Crippen molar-refractivity contribution in [2.24, 2.45) is 0 Å². The number of aryl methyl sites for hydroxylation is 1. The first-order chi connectivity index (χ1) is 13.1. The second kappa shape index (κ2) is 11.4.